The standard InChI is InChI=1S/C24H34N4O/c1-27(16-19-9-4-2-5-10-19)24(29)22-15-25-26-23(22)21-13-8-14-28(18-21)17-20-11-6-3-7-12-20/h2,4-5,9-10,15,20-21H,3,6-8,11-14,16-18H2,1H3,(H,25,26)/t21-/m0/s1. The molecule has 5 heteroatoms. The number of carbonyl (C=O) groups excluding carboxylic acids is 1. The molecule has 1 N–H and O–H groups in total. The van der Waals surface area contributed by atoms with Gasteiger partial charge in [0.1, 0.15) is 0 Å². The van der Waals surface area contributed by atoms with Crippen LogP contribution in [0.4, 0.5) is 0 Å². The Hall–Kier alpha value is -2.14. The highest BCUT2D eigenvalue weighted by atomic mass is 16.2. The molecule has 2 aliphatic rings. The van der Waals surface area contributed by atoms with Crippen LogP contribution in [0.25, 0.3) is 0 Å². The molecule has 1 aliphatic heterocycles. The molecule has 5 nitrogen and oxygen atoms in total. The Labute approximate surface area is 174 Å². The lowest BCUT2D eigenvalue weighted by Gasteiger charge is -2.36. The summed E-state index contributed by atoms with van der Waals surface area (Å²) in [7, 11) is 1.88. The molecule has 156 valence electrons. The molecule has 0 spiro atoms. The normalized spacial score (nSPS) is 21.2. The molecule has 0 unspecified atom stereocenters. The number of amides is 1. The fourth-order valence-corrected chi connectivity index (χ4v) is 5.10. The third-order valence-corrected chi connectivity index (χ3v) is 6.66. The van der Waals surface area contributed by atoms with Gasteiger partial charge in [0.15, 0.2) is 0 Å². The number of carbonyl (C=O) groups is 1. The Balaban J connectivity index is 1.40. The number of hydrogen-bond acceptors (Lipinski definition) is 3. The van der Waals surface area contributed by atoms with Crippen molar-refractivity contribution in [1.82, 2.24) is 20.0 Å². The summed E-state index contributed by atoms with van der Waals surface area (Å²) in [4.78, 5) is 17.6. The van der Waals surface area contributed by atoms with Gasteiger partial charge in [0.2, 0.25) is 0 Å². The minimum atomic E-state index is 0.0574. The quantitative estimate of drug-likeness (QED) is 0.788. The molecule has 4 rings (SSSR count). The first kappa shape index (κ1) is 20.1. The Bertz CT molecular complexity index is 781. The van der Waals surface area contributed by atoms with Crippen LogP contribution < -0.4 is 0 Å². The highest BCUT2D eigenvalue weighted by molar-refractivity contribution is 5.95. The fourth-order valence-electron chi connectivity index (χ4n) is 5.10. The van der Waals surface area contributed by atoms with Crippen LogP contribution in [0.5, 0.6) is 0 Å². The Kier molecular flexibility index (Phi) is 6.65. The van der Waals surface area contributed by atoms with E-state index in [0.717, 1.165) is 35.7 Å². The number of rotatable bonds is 6. The van der Waals surface area contributed by atoms with E-state index in [0.29, 0.717) is 12.5 Å². The monoisotopic (exact) mass is 394 g/mol. The van der Waals surface area contributed by atoms with Gasteiger partial charge in [-0.25, -0.2) is 0 Å². The van der Waals surface area contributed by atoms with E-state index in [1.54, 1.807) is 11.1 Å². The molecule has 0 radical (unpaired) electrons. The molecule has 1 aliphatic carbocycles. The summed E-state index contributed by atoms with van der Waals surface area (Å²) >= 11 is 0. The van der Waals surface area contributed by atoms with Gasteiger partial charge in [-0.15, -0.1) is 0 Å². The third kappa shape index (κ3) is 5.08. The lowest BCUT2D eigenvalue weighted by molar-refractivity contribution is 0.0782. The van der Waals surface area contributed by atoms with Gasteiger partial charge in [0.05, 0.1) is 17.5 Å². The van der Waals surface area contributed by atoms with E-state index < -0.39 is 0 Å². The lowest BCUT2D eigenvalue weighted by atomic mass is 9.87. The van der Waals surface area contributed by atoms with Crippen molar-refractivity contribution < 1.29 is 4.79 Å². The molecule has 2 aromatic rings. The molecule has 29 heavy (non-hydrogen) atoms. The van der Waals surface area contributed by atoms with E-state index in [4.69, 9.17) is 0 Å². The maximum atomic E-state index is 13.1. The van der Waals surface area contributed by atoms with Crippen LogP contribution in [0.2, 0.25) is 0 Å². The van der Waals surface area contributed by atoms with E-state index >= 15 is 0 Å². The van der Waals surface area contributed by atoms with Crippen LogP contribution in [0.3, 0.4) is 0 Å². The first-order chi connectivity index (χ1) is 14.2. The van der Waals surface area contributed by atoms with Crippen LogP contribution in [0, 0.1) is 5.92 Å². The van der Waals surface area contributed by atoms with Crippen molar-refractivity contribution in [2.75, 3.05) is 26.7 Å². The molecule has 1 saturated heterocycles. The third-order valence-electron chi connectivity index (χ3n) is 6.66. The summed E-state index contributed by atoms with van der Waals surface area (Å²) in [5.41, 5.74) is 2.92. The average Bonchev–Trinajstić information content (AvgIpc) is 3.25. The molecule has 1 aromatic heterocycles. The SMILES string of the molecule is CN(Cc1ccccc1)C(=O)c1cn[nH]c1[C@H]1CCCN(CC2CCCCC2)C1. The lowest BCUT2D eigenvalue weighted by Crippen LogP contribution is -2.39. The van der Waals surface area contributed by atoms with E-state index in [9.17, 15) is 4.79 Å². The zero-order valence-corrected chi connectivity index (χ0v) is 17.6. The van der Waals surface area contributed by atoms with Gasteiger partial charge in [-0.05, 0) is 43.7 Å². The second kappa shape index (κ2) is 9.57. The molecule has 2 fully saturated rings. The van der Waals surface area contributed by atoms with E-state index in [1.807, 2.05) is 25.2 Å². The summed E-state index contributed by atoms with van der Waals surface area (Å²) in [6.45, 7) is 4.07. The zero-order valence-electron chi connectivity index (χ0n) is 17.6. The highest BCUT2D eigenvalue weighted by Crippen LogP contribution is 2.31. The Morgan fingerprint density at radius 2 is 1.93 bits per heavy atom. The number of aromatic amines is 1. The van der Waals surface area contributed by atoms with Gasteiger partial charge in [0.25, 0.3) is 5.91 Å². The summed E-state index contributed by atoms with van der Waals surface area (Å²) < 4.78 is 0. The topological polar surface area (TPSA) is 52.2 Å². The van der Waals surface area contributed by atoms with Crippen LogP contribution in [0.15, 0.2) is 36.5 Å². The van der Waals surface area contributed by atoms with Crippen molar-refractivity contribution in [2.24, 2.45) is 5.92 Å². The average molecular weight is 395 g/mol. The Morgan fingerprint density at radius 1 is 1.14 bits per heavy atom. The number of H-pyrrole nitrogens is 1. The smallest absolute Gasteiger partial charge is 0.257 e. The first-order valence-corrected chi connectivity index (χ1v) is 11.3. The molecule has 2 heterocycles. The van der Waals surface area contributed by atoms with Crippen LogP contribution in [0.1, 0.15) is 72.5 Å². The van der Waals surface area contributed by atoms with Crippen molar-refractivity contribution in [1.29, 1.82) is 0 Å². The molecular formula is C24H34N4O. The number of piperidine rings is 1. The second-order valence-corrected chi connectivity index (χ2v) is 8.95. The van der Waals surface area contributed by atoms with E-state index in [-0.39, 0.29) is 5.91 Å². The van der Waals surface area contributed by atoms with Gasteiger partial charge in [-0.2, -0.15) is 5.10 Å². The van der Waals surface area contributed by atoms with Crippen molar-refractivity contribution in [2.45, 2.75) is 57.4 Å². The number of nitrogens with one attached hydrogen (secondary N) is 1. The molecule has 1 aromatic carbocycles. The van der Waals surface area contributed by atoms with Gasteiger partial charge < -0.3 is 9.80 Å². The van der Waals surface area contributed by atoms with Crippen LogP contribution in [-0.2, 0) is 6.54 Å². The molecule has 1 atom stereocenters. The van der Waals surface area contributed by atoms with E-state index in [1.165, 1.54) is 51.6 Å². The molecule has 0 bridgehead atoms. The zero-order chi connectivity index (χ0) is 20.1. The Morgan fingerprint density at radius 3 is 2.72 bits per heavy atom. The van der Waals surface area contributed by atoms with Crippen molar-refractivity contribution in [3.63, 3.8) is 0 Å². The first-order valence-electron chi connectivity index (χ1n) is 11.3. The largest absolute Gasteiger partial charge is 0.337 e. The van der Waals surface area contributed by atoms with Gasteiger partial charge in [-0.3, -0.25) is 9.89 Å². The number of aromatic nitrogens is 2. The molecule has 1 amide bonds. The maximum Gasteiger partial charge on any atom is 0.257 e. The fraction of sp³-hybridized carbons (Fsp3) is 0.583. The summed E-state index contributed by atoms with van der Waals surface area (Å²) in [6.07, 6.45) is 11.0. The van der Waals surface area contributed by atoms with Crippen molar-refractivity contribution in [3.8, 4) is 0 Å². The van der Waals surface area contributed by atoms with Crippen LogP contribution in [-0.4, -0.2) is 52.6 Å². The molecular weight excluding hydrogens is 360 g/mol. The maximum absolute atomic E-state index is 13.1. The number of benzene rings is 1. The predicted octanol–water partition coefficient (Wildman–Crippen LogP) is 4.44. The van der Waals surface area contributed by atoms with Gasteiger partial charge in [-0.1, -0.05) is 49.6 Å². The summed E-state index contributed by atoms with van der Waals surface area (Å²) in [5.74, 6) is 1.29. The number of nitrogens with zero attached hydrogens (tertiary/aromatic N) is 3. The predicted molar refractivity (Wildman–Crippen MR) is 116 cm³/mol. The van der Waals surface area contributed by atoms with Gasteiger partial charge >= 0.3 is 0 Å². The summed E-state index contributed by atoms with van der Waals surface area (Å²) in [6, 6.07) is 10.1. The summed E-state index contributed by atoms with van der Waals surface area (Å²) in [5, 5.41) is 7.43. The second-order valence-electron chi connectivity index (χ2n) is 8.95. The van der Waals surface area contributed by atoms with Crippen molar-refractivity contribution in [3.05, 3.63) is 53.3 Å². The van der Waals surface area contributed by atoms with Gasteiger partial charge in [0, 0.05) is 32.6 Å². The van der Waals surface area contributed by atoms with Crippen LogP contribution >= 0.6 is 0 Å². The number of hydrogen-bond donors (Lipinski definition) is 1. The molecule has 1 saturated carbocycles. The van der Waals surface area contributed by atoms with E-state index in [2.05, 4.69) is 27.2 Å². The highest BCUT2D eigenvalue weighted by Gasteiger charge is 2.29. The van der Waals surface area contributed by atoms with Crippen molar-refractivity contribution >= 4 is 5.91 Å². The number of likely N-dealkylation sites (tertiary alicyclic amines) is 1. The minimum Gasteiger partial charge on any atom is -0.337 e. The minimum absolute atomic E-state index is 0.0574.